The van der Waals surface area contributed by atoms with E-state index in [1.54, 1.807) is 0 Å². The van der Waals surface area contributed by atoms with Crippen LogP contribution in [0.25, 0.3) is 0 Å². The van der Waals surface area contributed by atoms with Crippen molar-refractivity contribution in [1.29, 1.82) is 0 Å². The number of fused-ring (bicyclic) bond motifs is 1. The number of aromatic nitrogens is 2. The Morgan fingerprint density at radius 1 is 1.33 bits per heavy atom. The number of aromatic amines is 1. The van der Waals surface area contributed by atoms with Gasteiger partial charge in [-0.05, 0) is 31.0 Å². The minimum absolute atomic E-state index is 0.0719. The monoisotopic (exact) mass is 409 g/mol. The van der Waals surface area contributed by atoms with Crippen LogP contribution in [-0.4, -0.2) is 21.4 Å². The molecule has 0 aliphatic carbocycles. The van der Waals surface area contributed by atoms with Gasteiger partial charge in [0.1, 0.15) is 5.82 Å². The molecule has 0 bridgehead atoms. The summed E-state index contributed by atoms with van der Waals surface area (Å²) in [7, 11) is 0. The summed E-state index contributed by atoms with van der Waals surface area (Å²) >= 11 is 4.92. The number of thioether (sulfide) groups is 1. The third kappa shape index (κ3) is 3.32. The fourth-order valence-electron chi connectivity index (χ4n) is 3.02. The van der Waals surface area contributed by atoms with E-state index in [1.165, 1.54) is 11.8 Å². The van der Waals surface area contributed by atoms with Crippen molar-refractivity contribution < 1.29 is 4.79 Å². The summed E-state index contributed by atoms with van der Waals surface area (Å²) in [6.45, 7) is 4.16. The fourth-order valence-corrected chi connectivity index (χ4v) is 4.41. The molecule has 1 aliphatic rings. The van der Waals surface area contributed by atoms with E-state index in [2.05, 4.69) is 40.2 Å². The van der Waals surface area contributed by atoms with Gasteiger partial charge in [-0.15, -0.1) is 11.8 Å². The summed E-state index contributed by atoms with van der Waals surface area (Å²) in [6.07, 6.45) is 1.94. The lowest BCUT2D eigenvalue weighted by atomic mass is 10.1. The lowest BCUT2D eigenvalue weighted by molar-refractivity contribution is -0.113. The van der Waals surface area contributed by atoms with Crippen molar-refractivity contribution in [3.8, 4) is 0 Å². The topological polar surface area (TPSA) is 66.9 Å². The molecule has 0 radical (unpaired) electrons. The average molecular weight is 410 g/mol. The van der Waals surface area contributed by atoms with Gasteiger partial charge in [-0.1, -0.05) is 41.4 Å². The predicted molar refractivity (Wildman–Crippen MR) is 102 cm³/mol. The first-order valence-corrected chi connectivity index (χ1v) is 9.86. The number of carbonyl (C=O) groups is 1. The molecule has 2 N–H and O–H groups in total. The zero-order valence-corrected chi connectivity index (χ0v) is 16.0. The first-order valence-electron chi connectivity index (χ1n) is 8.02. The van der Waals surface area contributed by atoms with Gasteiger partial charge >= 0.3 is 0 Å². The largest absolute Gasteiger partial charge is 0.310 e. The molecule has 2 heterocycles. The zero-order chi connectivity index (χ0) is 17.3. The van der Waals surface area contributed by atoms with Crippen LogP contribution in [0.4, 0.5) is 5.82 Å². The van der Waals surface area contributed by atoms with Crippen LogP contribution in [0.3, 0.4) is 0 Å². The molecule has 24 heavy (non-hydrogen) atoms. The molecular formula is C17H20BrN3O2S. The highest BCUT2D eigenvalue weighted by Crippen LogP contribution is 2.40. The van der Waals surface area contributed by atoms with Gasteiger partial charge in [0, 0.05) is 10.5 Å². The van der Waals surface area contributed by atoms with E-state index in [9.17, 15) is 9.59 Å². The van der Waals surface area contributed by atoms with Crippen LogP contribution in [0.15, 0.2) is 33.5 Å². The number of rotatable bonds is 4. The molecule has 2 unspecified atom stereocenters. The highest BCUT2D eigenvalue weighted by Gasteiger charge is 2.31. The molecule has 1 amide bonds. The lowest BCUT2D eigenvalue weighted by Crippen LogP contribution is -2.18. The summed E-state index contributed by atoms with van der Waals surface area (Å²) in [4.78, 5) is 24.8. The normalized spacial score (nSPS) is 18.6. The van der Waals surface area contributed by atoms with Gasteiger partial charge in [0.05, 0.1) is 16.6 Å². The van der Waals surface area contributed by atoms with Crippen molar-refractivity contribution in [1.82, 2.24) is 9.78 Å². The number of halogens is 1. The van der Waals surface area contributed by atoms with Gasteiger partial charge in [-0.25, -0.2) is 0 Å². The van der Waals surface area contributed by atoms with Gasteiger partial charge in [0.25, 0.3) is 5.56 Å². The molecule has 1 aromatic heterocycles. The Labute approximate surface area is 153 Å². The highest BCUT2D eigenvalue weighted by atomic mass is 79.9. The van der Waals surface area contributed by atoms with E-state index in [0.717, 1.165) is 22.9 Å². The number of benzene rings is 1. The molecule has 2 aromatic rings. The molecule has 7 heteroatoms. The van der Waals surface area contributed by atoms with Crippen molar-refractivity contribution in [3.05, 3.63) is 50.2 Å². The van der Waals surface area contributed by atoms with E-state index < -0.39 is 0 Å². The van der Waals surface area contributed by atoms with Crippen LogP contribution in [-0.2, 0) is 4.79 Å². The van der Waals surface area contributed by atoms with Crippen LogP contribution in [0.1, 0.15) is 49.1 Å². The Bertz CT molecular complexity index is 797. The Balaban J connectivity index is 2.11. The summed E-state index contributed by atoms with van der Waals surface area (Å²) in [5.74, 6) is 0.873. The van der Waals surface area contributed by atoms with E-state index in [0.29, 0.717) is 17.1 Å². The van der Waals surface area contributed by atoms with E-state index in [4.69, 9.17) is 0 Å². The first kappa shape index (κ1) is 17.4. The van der Waals surface area contributed by atoms with Gasteiger partial charge in [0.2, 0.25) is 5.91 Å². The summed E-state index contributed by atoms with van der Waals surface area (Å²) < 4.78 is 2.80. The maximum Gasteiger partial charge on any atom is 0.270 e. The first-order chi connectivity index (χ1) is 11.5. The summed E-state index contributed by atoms with van der Waals surface area (Å²) in [5.41, 5.74) is 1.53. The Morgan fingerprint density at radius 3 is 2.71 bits per heavy atom. The number of carbonyl (C=O) groups excluding carboxylic acids is 1. The van der Waals surface area contributed by atoms with E-state index in [-0.39, 0.29) is 22.8 Å². The number of H-pyrrole nitrogens is 1. The highest BCUT2D eigenvalue weighted by molar-refractivity contribution is 9.10. The fraction of sp³-hybridized carbons (Fsp3) is 0.412. The third-order valence-electron chi connectivity index (χ3n) is 4.18. The van der Waals surface area contributed by atoms with Gasteiger partial charge in [-0.3, -0.25) is 19.4 Å². The van der Waals surface area contributed by atoms with Crippen molar-refractivity contribution in [2.24, 2.45) is 0 Å². The second-order valence-electron chi connectivity index (χ2n) is 6.00. The molecule has 128 valence electrons. The number of nitrogens with zero attached hydrogens (tertiary/aromatic N) is 1. The van der Waals surface area contributed by atoms with Crippen LogP contribution in [0.5, 0.6) is 0 Å². The number of amides is 1. The molecule has 1 aliphatic heterocycles. The molecule has 2 atom stereocenters. The molecule has 1 aromatic carbocycles. The van der Waals surface area contributed by atoms with Crippen molar-refractivity contribution in [2.75, 3.05) is 11.1 Å². The van der Waals surface area contributed by atoms with Gasteiger partial charge in [-0.2, -0.15) is 0 Å². The summed E-state index contributed by atoms with van der Waals surface area (Å²) in [6, 6.07) is 8.03. The maximum absolute atomic E-state index is 12.7. The van der Waals surface area contributed by atoms with Crippen molar-refractivity contribution in [2.45, 2.75) is 38.0 Å². The Morgan fingerprint density at radius 2 is 2.04 bits per heavy atom. The van der Waals surface area contributed by atoms with Crippen LogP contribution in [0, 0.1) is 0 Å². The molecule has 0 saturated heterocycles. The molecular weight excluding hydrogens is 390 g/mol. The van der Waals surface area contributed by atoms with Crippen molar-refractivity contribution >= 4 is 39.4 Å². The quantitative estimate of drug-likeness (QED) is 0.799. The van der Waals surface area contributed by atoms with E-state index >= 15 is 0 Å². The van der Waals surface area contributed by atoms with Gasteiger partial charge in [0.15, 0.2) is 0 Å². The second kappa shape index (κ2) is 7.19. The number of nitrogens with one attached hydrogen (secondary N) is 2. The van der Waals surface area contributed by atoms with E-state index in [1.807, 2.05) is 28.9 Å². The molecule has 0 saturated carbocycles. The molecule has 5 nitrogen and oxygen atoms in total. The molecule has 3 rings (SSSR count). The minimum atomic E-state index is -0.161. The van der Waals surface area contributed by atoms with Crippen LogP contribution >= 0.6 is 27.7 Å². The Kier molecular flexibility index (Phi) is 5.20. The Hall–Kier alpha value is -1.47. The number of hydrogen-bond donors (Lipinski definition) is 2. The number of anilines is 1. The smallest absolute Gasteiger partial charge is 0.270 e. The van der Waals surface area contributed by atoms with Crippen LogP contribution < -0.4 is 10.9 Å². The summed E-state index contributed by atoms with van der Waals surface area (Å²) in [5, 5.41) is 5.69. The SMILES string of the molecule is CCCC(C)n1[nH]c(=O)c2c1NC(=O)CSC2c1ccc(Br)cc1. The van der Waals surface area contributed by atoms with Crippen LogP contribution in [0.2, 0.25) is 0 Å². The van der Waals surface area contributed by atoms with Crippen molar-refractivity contribution in [3.63, 3.8) is 0 Å². The zero-order valence-electron chi connectivity index (χ0n) is 13.6. The average Bonchev–Trinajstić information content (AvgIpc) is 2.75. The van der Waals surface area contributed by atoms with Gasteiger partial charge < -0.3 is 5.32 Å². The number of hydrogen-bond acceptors (Lipinski definition) is 3. The maximum atomic E-state index is 12.7. The molecule has 0 spiro atoms. The third-order valence-corrected chi connectivity index (χ3v) is 5.98. The minimum Gasteiger partial charge on any atom is -0.310 e. The second-order valence-corrected chi connectivity index (χ2v) is 8.01. The molecule has 0 fully saturated rings. The lowest BCUT2D eigenvalue weighted by Gasteiger charge is -2.17. The predicted octanol–water partition coefficient (Wildman–Crippen LogP) is 4.07. The standard InChI is InChI=1S/C17H20BrN3O2S/c1-3-4-10(2)21-16-14(17(23)20-21)15(24-9-13(22)19-16)11-5-7-12(18)8-6-11/h5-8,10,15H,3-4,9H2,1-2H3,(H,19,22)(H,20,23).